The highest BCUT2D eigenvalue weighted by Crippen LogP contribution is 2.26. The second-order valence-corrected chi connectivity index (χ2v) is 4.14. The van der Waals surface area contributed by atoms with Gasteiger partial charge in [0.25, 0.3) is 0 Å². The van der Waals surface area contributed by atoms with Gasteiger partial charge in [-0.15, -0.1) is 0 Å². The zero-order valence-corrected chi connectivity index (χ0v) is 10.1. The lowest BCUT2D eigenvalue weighted by molar-refractivity contribution is 0.110. The molecule has 0 aliphatic rings. The molecule has 2 nitrogen and oxygen atoms in total. The van der Waals surface area contributed by atoms with Crippen LogP contribution < -0.4 is 0 Å². The fourth-order valence-corrected chi connectivity index (χ4v) is 1.71. The first-order chi connectivity index (χ1) is 7.15. The van der Waals surface area contributed by atoms with Gasteiger partial charge in [0, 0.05) is 13.7 Å². The van der Waals surface area contributed by atoms with Crippen LogP contribution in [-0.2, 0) is 11.2 Å². The van der Waals surface area contributed by atoms with Gasteiger partial charge in [-0.25, -0.2) is 0 Å². The smallest absolute Gasteiger partial charge is 0.0625 e. The van der Waals surface area contributed by atoms with Crippen LogP contribution in [0.3, 0.4) is 0 Å². The third-order valence-corrected chi connectivity index (χ3v) is 3.00. The van der Waals surface area contributed by atoms with Crippen LogP contribution in [0.15, 0.2) is 18.2 Å². The molecule has 15 heavy (non-hydrogen) atoms. The van der Waals surface area contributed by atoms with E-state index in [9.17, 15) is 5.11 Å². The zero-order chi connectivity index (χ0) is 11.3. The molecule has 4 heteroatoms. The molecule has 0 spiro atoms. The van der Waals surface area contributed by atoms with Crippen LogP contribution in [-0.4, -0.2) is 24.9 Å². The molecule has 0 heterocycles. The summed E-state index contributed by atoms with van der Waals surface area (Å²) in [5.41, 5.74) is 0.868. The standard InChI is InChI=1S/C11H14Cl2O2/c1-15-6-5-9(14)7-8-3-2-4-10(12)11(8)13/h2-4,9,14H,5-7H2,1H3. The molecule has 0 saturated heterocycles. The Morgan fingerprint density at radius 2 is 2.13 bits per heavy atom. The Kier molecular flexibility index (Phi) is 5.40. The average Bonchev–Trinajstić information content (AvgIpc) is 2.22. The topological polar surface area (TPSA) is 29.5 Å². The van der Waals surface area contributed by atoms with Crippen molar-refractivity contribution in [3.05, 3.63) is 33.8 Å². The first-order valence-electron chi connectivity index (χ1n) is 4.75. The largest absolute Gasteiger partial charge is 0.393 e. The van der Waals surface area contributed by atoms with Crippen molar-refractivity contribution in [3.8, 4) is 0 Å². The Balaban J connectivity index is 2.60. The number of rotatable bonds is 5. The predicted molar refractivity (Wildman–Crippen MR) is 62.7 cm³/mol. The molecule has 1 aromatic carbocycles. The van der Waals surface area contributed by atoms with E-state index in [0.717, 1.165) is 5.56 Å². The maximum Gasteiger partial charge on any atom is 0.0625 e. The van der Waals surface area contributed by atoms with Gasteiger partial charge in [0.05, 0.1) is 16.1 Å². The summed E-state index contributed by atoms with van der Waals surface area (Å²) >= 11 is 11.9. The molecular formula is C11H14Cl2O2. The van der Waals surface area contributed by atoms with E-state index < -0.39 is 6.10 Å². The lowest BCUT2D eigenvalue weighted by Crippen LogP contribution is -2.13. The molecule has 0 aliphatic heterocycles. The van der Waals surface area contributed by atoms with Crippen molar-refractivity contribution in [2.75, 3.05) is 13.7 Å². The summed E-state index contributed by atoms with van der Waals surface area (Å²) in [7, 11) is 1.61. The molecule has 0 radical (unpaired) electrons. The fraction of sp³-hybridized carbons (Fsp3) is 0.455. The van der Waals surface area contributed by atoms with Crippen molar-refractivity contribution >= 4 is 23.2 Å². The number of aliphatic hydroxyl groups excluding tert-OH is 1. The van der Waals surface area contributed by atoms with Crippen LogP contribution in [0.2, 0.25) is 10.0 Å². The number of ether oxygens (including phenoxy) is 1. The molecular weight excluding hydrogens is 235 g/mol. The maximum atomic E-state index is 9.67. The molecule has 0 aromatic heterocycles. The lowest BCUT2D eigenvalue weighted by Gasteiger charge is -2.11. The Hall–Kier alpha value is -0.280. The number of halogens is 2. The molecule has 0 saturated carbocycles. The van der Waals surface area contributed by atoms with Crippen LogP contribution in [0, 0.1) is 0 Å². The average molecular weight is 249 g/mol. The highest BCUT2D eigenvalue weighted by atomic mass is 35.5. The predicted octanol–water partition coefficient (Wildman–Crippen LogP) is 2.93. The molecule has 1 aromatic rings. The fourth-order valence-electron chi connectivity index (χ4n) is 1.32. The first-order valence-corrected chi connectivity index (χ1v) is 5.50. The molecule has 0 fully saturated rings. The molecule has 1 rings (SSSR count). The van der Waals surface area contributed by atoms with Crippen LogP contribution in [0.4, 0.5) is 0 Å². The number of methoxy groups -OCH3 is 1. The monoisotopic (exact) mass is 248 g/mol. The van der Waals surface area contributed by atoms with Crippen molar-refractivity contribution < 1.29 is 9.84 Å². The second-order valence-electron chi connectivity index (χ2n) is 3.35. The summed E-state index contributed by atoms with van der Waals surface area (Å²) in [6.45, 7) is 0.541. The van der Waals surface area contributed by atoms with Crippen LogP contribution in [0.1, 0.15) is 12.0 Å². The number of aliphatic hydroxyl groups is 1. The molecule has 1 unspecified atom stereocenters. The Labute approximate surface area is 99.8 Å². The minimum absolute atomic E-state index is 0.444. The van der Waals surface area contributed by atoms with Gasteiger partial charge in [-0.3, -0.25) is 0 Å². The highest BCUT2D eigenvalue weighted by Gasteiger charge is 2.09. The molecule has 84 valence electrons. The maximum absolute atomic E-state index is 9.67. The molecule has 0 amide bonds. The van der Waals surface area contributed by atoms with E-state index in [1.54, 1.807) is 13.2 Å². The van der Waals surface area contributed by atoms with E-state index in [-0.39, 0.29) is 0 Å². The summed E-state index contributed by atoms with van der Waals surface area (Å²) < 4.78 is 4.89. The quantitative estimate of drug-likeness (QED) is 0.869. The summed E-state index contributed by atoms with van der Waals surface area (Å²) in [4.78, 5) is 0. The van der Waals surface area contributed by atoms with Gasteiger partial charge < -0.3 is 9.84 Å². The van der Waals surface area contributed by atoms with Crippen LogP contribution >= 0.6 is 23.2 Å². The molecule has 0 bridgehead atoms. The van der Waals surface area contributed by atoms with Gasteiger partial charge >= 0.3 is 0 Å². The number of hydrogen-bond acceptors (Lipinski definition) is 2. The summed E-state index contributed by atoms with van der Waals surface area (Å²) in [6, 6.07) is 5.42. The Morgan fingerprint density at radius 1 is 1.40 bits per heavy atom. The molecule has 0 aliphatic carbocycles. The van der Waals surface area contributed by atoms with Gasteiger partial charge in [-0.2, -0.15) is 0 Å². The van der Waals surface area contributed by atoms with Gasteiger partial charge in [0.2, 0.25) is 0 Å². The van der Waals surface area contributed by atoms with E-state index in [1.165, 1.54) is 0 Å². The van der Waals surface area contributed by atoms with E-state index in [1.807, 2.05) is 12.1 Å². The van der Waals surface area contributed by atoms with Crippen molar-refractivity contribution in [1.29, 1.82) is 0 Å². The molecule has 1 N–H and O–H groups in total. The number of hydrogen-bond donors (Lipinski definition) is 1. The van der Waals surface area contributed by atoms with Gasteiger partial charge in [-0.1, -0.05) is 35.3 Å². The molecule has 1 atom stereocenters. The van der Waals surface area contributed by atoms with Gasteiger partial charge in [0.1, 0.15) is 0 Å². The minimum Gasteiger partial charge on any atom is -0.393 e. The Bertz CT molecular complexity index is 315. The SMILES string of the molecule is COCCC(O)Cc1cccc(Cl)c1Cl. The summed E-state index contributed by atoms with van der Waals surface area (Å²) in [6.07, 6.45) is 0.656. The minimum atomic E-state index is -0.444. The zero-order valence-electron chi connectivity index (χ0n) is 8.54. The summed E-state index contributed by atoms with van der Waals surface area (Å²) in [5, 5.41) is 10.7. The van der Waals surface area contributed by atoms with Gasteiger partial charge in [0.15, 0.2) is 0 Å². The van der Waals surface area contributed by atoms with E-state index in [4.69, 9.17) is 27.9 Å². The third kappa shape index (κ3) is 3.99. The second kappa shape index (κ2) is 6.33. The van der Waals surface area contributed by atoms with E-state index in [2.05, 4.69) is 0 Å². The van der Waals surface area contributed by atoms with Crippen LogP contribution in [0.25, 0.3) is 0 Å². The third-order valence-electron chi connectivity index (χ3n) is 2.14. The van der Waals surface area contributed by atoms with E-state index in [0.29, 0.717) is 29.5 Å². The highest BCUT2D eigenvalue weighted by molar-refractivity contribution is 6.42. The van der Waals surface area contributed by atoms with Gasteiger partial charge in [-0.05, 0) is 24.5 Å². The normalized spacial score (nSPS) is 12.8. The van der Waals surface area contributed by atoms with Crippen molar-refractivity contribution in [2.24, 2.45) is 0 Å². The van der Waals surface area contributed by atoms with Crippen LogP contribution in [0.5, 0.6) is 0 Å². The lowest BCUT2D eigenvalue weighted by atomic mass is 10.1. The van der Waals surface area contributed by atoms with Crippen molar-refractivity contribution in [3.63, 3.8) is 0 Å². The van der Waals surface area contributed by atoms with E-state index >= 15 is 0 Å². The van der Waals surface area contributed by atoms with Crippen molar-refractivity contribution in [1.82, 2.24) is 0 Å². The Morgan fingerprint density at radius 3 is 2.80 bits per heavy atom. The summed E-state index contributed by atoms with van der Waals surface area (Å²) in [5.74, 6) is 0. The first kappa shape index (κ1) is 12.8. The number of benzene rings is 1. The van der Waals surface area contributed by atoms with Crippen molar-refractivity contribution in [2.45, 2.75) is 18.9 Å².